The van der Waals surface area contributed by atoms with Crippen molar-refractivity contribution in [2.45, 2.75) is 52.2 Å². The number of aliphatic hydroxyl groups excluding tert-OH is 1. The molecule has 1 aliphatic rings. The smallest absolute Gasteiger partial charge is 0.340 e. The summed E-state index contributed by atoms with van der Waals surface area (Å²) < 4.78 is 13.1. The first-order valence-electron chi connectivity index (χ1n) is 10.2. The topological polar surface area (TPSA) is 63.9 Å². The molecular formula is C22H32N2O4. The largest absolute Gasteiger partial charge is 0.491 e. The third-order valence-electron chi connectivity index (χ3n) is 5.77. The van der Waals surface area contributed by atoms with Crippen molar-refractivity contribution >= 4 is 16.9 Å². The zero-order chi connectivity index (χ0) is 20.3. The molecule has 1 fully saturated rings. The molecule has 1 aromatic carbocycles. The van der Waals surface area contributed by atoms with Crippen LogP contribution in [0.2, 0.25) is 0 Å². The van der Waals surface area contributed by atoms with Crippen molar-refractivity contribution in [1.29, 1.82) is 0 Å². The van der Waals surface area contributed by atoms with E-state index in [0.29, 0.717) is 30.5 Å². The van der Waals surface area contributed by atoms with Gasteiger partial charge in [0.15, 0.2) is 0 Å². The van der Waals surface area contributed by atoms with Gasteiger partial charge in [-0.3, -0.25) is 4.90 Å². The second-order valence-corrected chi connectivity index (χ2v) is 7.72. The van der Waals surface area contributed by atoms with E-state index < -0.39 is 6.10 Å². The van der Waals surface area contributed by atoms with E-state index >= 15 is 0 Å². The maximum atomic E-state index is 12.4. The SMILES string of the molecule is CCOC(=O)c1c(C)n(C)c2ccc(OCC(O)CN3CCCCC3C)cc12. The summed E-state index contributed by atoms with van der Waals surface area (Å²) in [6, 6.07) is 6.20. The van der Waals surface area contributed by atoms with Gasteiger partial charge in [0.05, 0.1) is 12.2 Å². The highest BCUT2D eigenvalue weighted by Gasteiger charge is 2.22. The number of benzene rings is 1. The van der Waals surface area contributed by atoms with Crippen molar-refractivity contribution in [2.75, 3.05) is 26.3 Å². The lowest BCUT2D eigenvalue weighted by molar-refractivity contribution is 0.0438. The van der Waals surface area contributed by atoms with Gasteiger partial charge in [-0.1, -0.05) is 6.42 Å². The normalized spacial score (nSPS) is 19.0. The highest BCUT2D eigenvalue weighted by Crippen LogP contribution is 2.29. The Bertz CT molecular complexity index is 830. The van der Waals surface area contributed by atoms with Crippen LogP contribution < -0.4 is 4.74 Å². The second-order valence-electron chi connectivity index (χ2n) is 7.72. The third-order valence-corrected chi connectivity index (χ3v) is 5.77. The van der Waals surface area contributed by atoms with Crippen LogP contribution in [-0.2, 0) is 11.8 Å². The van der Waals surface area contributed by atoms with Gasteiger partial charge in [-0.25, -0.2) is 4.79 Å². The maximum Gasteiger partial charge on any atom is 0.340 e. The van der Waals surface area contributed by atoms with E-state index in [1.165, 1.54) is 19.3 Å². The Morgan fingerprint density at radius 1 is 1.36 bits per heavy atom. The van der Waals surface area contributed by atoms with Crippen molar-refractivity contribution < 1.29 is 19.4 Å². The first-order valence-corrected chi connectivity index (χ1v) is 10.2. The van der Waals surface area contributed by atoms with Crippen molar-refractivity contribution in [1.82, 2.24) is 9.47 Å². The fourth-order valence-electron chi connectivity index (χ4n) is 4.05. The Hall–Kier alpha value is -2.05. The Kier molecular flexibility index (Phi) is 6.62. The molecule has 0 saturated carbocycles. The quantitative estimate of drug-likeness (QED) is 0.738. The van der Waals surface area contributed by atoms with E-state index in [1.54, 1.807) is 6.92 Å². The molecular weight excluding hydrogens is 356 g/mol. The lowest BCUT2D eigenvalue weighted by Gasteiger charge is -2.34. The number of hydrogen-bond acceptors (Lipinski definition) is 5. The van der Waals surface area contributed by atoms with Gasteiger partial charge in [-0.2, -0.15) is 0 Å². The number of aliphatic hydroxyl groups is 1. The van der Waals surface area contributed by atoms with E-state index in [1.807, 2.05) is 36.7 Å². The zero-order valence-electron chi connectivity index (χ0n) is 17.4. The van der Waals surface area contributed by atoms with Crippen LogP contribution in [-0.4, -0.2) is 59.0 Å². The lowest BCUT2D eigenvalue weighted by atomic mass is 10.0. The number of ether oxygens (including phenoxy) is 2. The van der Waals surface area contributed by atoms with Gasteiger partial charge >= 0.3 is 5.97 Å². The first kappa shape index (κ1) is 20.7. The summed E-state index contributed by atoms with van der Waals surface area (Å²) in [4.78, 5) is 14.7. The summed E-state index contributed by atoms with van der Waals surface area (Å²) in [5.74, 6) is 0.330. The van der Waals surface area contributed by atoms with Crippen LogP contribution in [0.25, 0.3) is 10.9 Å². The number of nitrogens with zero attached hydrogens (tertiary/aromatic N) is 2. The summed E-state index contributed by atoms with van der Waals surface area (Å²) in [7, 11) is 1.93. The highest BCUT2D eigenvalue weighted by atomic mass is 16.5. The molecule has 3 rings (SSSR count). The number of likely N-dealkylation sites (tertiary alicyclic amines) is 1. The number of carbonyl (C=O) groups excluding carboxylic acids is 1. The van der Waals surface area contributed by atoms with Crippen molar-refractivity contribution in [3.63, 3.8) is 0 Å². The van der Waals surface area contributed by atoms with Gasteiger partial charge in [0.25, 0.3) is 0 Å². The molecule has 154 valence electrons. The molecule has 1 aliphatic heterocycles. The average Bonchev–Trinajstić information content (AvgIpc) is 2.92. The zero-order valence-corrected chi connectivity index (χ0v) is 17.4. The monoisotopic (exact) mass is 388 g/mol. The first-order chi connectivity index (χ1) is 13.4. The number of hydrogen-bond donors (Lipinski definition) is 1. The van der Waals surface area contributed by atoms with Crippen LogP contribution in [0, 0.1) is 6.92 Å². The van der Waals surface area contributed by atoms with Gasteiger partial charge in [-0.15, -0.1) is 0 Å². The molecule has 6 nitrogen and oxygen atoms in total. The minimum atomic E-state index is -0.543. The number of fused-ring (bicyclic) bond motifs is 1. The van der Waals surface area contributed by atoms with Gasteiger partial charge < -0.3 is 19.1 Å². The summed E-state index contributed by atoms with van der Waals surface area (Å²) in [6.45, 7) is 8.17. The second kappa shape index (κ2) is 8.97. The number of piperidine rings is 1. The van der Waals surface area contributed by atoms with Gasteiger partial charge in [0.2, 0.25) is 0 Å². The van der Waals surface area contributed by atoms with E-state index in [9.17, 15) is 9.90 Å². The number of esters is 1. The summed E-state index contributed by atoms with van der Waals surface area (Å²) in [5, 5.41) is 11.2. The van der Waals surface area contributed by atoms with Crippen LogP contribution in [0.4, 0.5) is 0 Å². The molecule has 0 radical (unpaired) electrons. The minimum absolute atomic E-state index is 0.231. The third kappa shape index (κ3) is 4.33. The van der Waals surface area contributed by atoms with Crippen LogP contribution in [0.5, 0.6) is 5.75 Å². The van der Waals surface area contributed by atoms with Crippen molar-refractivity contribution in [3.8, 4) is 5.75 Å². The van der Waals surface area contributed by atoms with Crippen LogP contribution in [0.1, 0.15) is 49.2 Å². The molecule has 6 heteroatoms. The average molecular weight is 389 g/mol. The van der Waals surface area contributed by atoms with Crippen LogP contribution in [0.3, 0.4) is 0 Å². The minimum Gasteiger partial charge on any atom is -0.491 e. The predicted octanol–water partition coefficient (Wildman–Crippen LogP) is 3.28. The number of aryl methyl sites for hydroxylation is 1. The van der Waals surface area contributed by atoms with Crippen LogP contribution >= 0.6 is 0 Å². The van der Waals surface area contributed by atoms with E-state index in [-0.39, 0.29) is 12.6 Å². The fourth-order valence-corrected chi connectivity index (χ4v) is 4.05. The molecule has 2 heterocycles. The molecule has 0 amide bonds. The molecule has 2 aromatic rings. The van der Waals surface area contributed by atoms with E-state index in [0.717, 1.165) is 23.1 Å². The molecule has 1 saturated heterocycles. The molecule has 0 spiro atoms. The van der Waals surface area contributed by atoms with Crippen LogP contribution in [0.15, 0.2) is 18.2 Å². The number of rotatable bonds is 7. The number of carbonyl (C=O) groups is 1. The van der Waals surface area contributed by atoms with Crippen molar-refractivity contribution in [3.05, 3.63) is 29.5 Å². The Balaban J connectivity index is 1.71. The molecule has 28 heavy (non-hydrogen) atoms. The predicted molar refractivity (Wildman–Crippen MR) is 110 cm³/mol. The Labute approximate surface area is 167 Å². The Morgan fingerprint density at radius 2 is 2.14 bits per heavy atom. The molecule has 0 aliphatic carbocycles. The van der Waals surface area contributed by atoms with E-state index in [4.69, 9.17) is 9.47 Å². The summed E-state index contributed by atoms with van der Waals surface area (Å²) in [6.07, 6.45) is 3.11. The summed E-state index contributed by atoms with van der Waals surface area (Å²) >= 11 is 0. The lowest BCUT2D eigenvalue weighted by Crippen LogP contribution is -2.43. The highest BCUT2D eigenvalue weighted by molar-refractivity contribution is 6.06. The molecule has 1 N–H and O–H groups in total. The fraction of sp³-hybridized carbons (Fsp3) is 0.591. The van der Waals surface area contributed by atoms with Crippen molar-refractivity contribution in [2.24, 2.45) is 7.05 Å². The number of β-amino-alcohol motifs (C(OH)–C–C–N with tert-alkyl or cyclic N) is 1. The maximum absolute atomic E-state index is 12.4. The summed E-state index contributed by atoms with van der Waals surface area (Å²) in [5.41, 5.74) is 2.40. The van der Waals surface area contributed by atoms with Gasteiger partial charge in [-0.05, 0) is 58.4 Å². The van der Waals surface area contributed by atoms with Gasteiger partial charge in [0, 0.05) is 36.2 Å². The standard InChI is InChI=1S/C22H32N2O4/c1-5-27-22(26)21-16(3)23(4)20-10-9-18(12-19(20)21)28-14-17(25)13-24-11-7-6-8-15(24)2/h9-10,12,15,17,25H,5-8,11,13-14H2,1-4H3. The Morgan fingerprint density at radius 3 is 2.86 bits per heavy atom. The number of aromatic nitrogens is 1. The molecule has 0 bridgehead atoms. The molecule has 2 unspecified atom stereocenters. The van der Waals surface area contributed by atoms with E-state index in [2.05, 4.69) is 11.8 Å². The molecule has 2 atom stereocenters. The molecule has 1 aromatic heterocycles. The van der Waals surface area contributed by atoms with Gasteiger partial charge in [0.1, 0.15) is 18.5 Å².